The lowest BCUT2D eigenvalue weighted by Crippen LogP contribution is -2.17. The van der Waals surface area contributed by atoms with Crippen LogP contribution in [0.1, 0.15) is 0 Å². The first-order chi connectivity index (χ1) is 7.24. The minimum absolute atomic E-state index is 0.722. The van der Waals surface area contributed by atoms with Crippen molar-refractivity contribution < 1.29 is 9.90 Å². The monoisotopic (exact) mass is 199 g/mol. The highest BCUT2D eigenvalue weighted by atomic mass is 16.4. The smallest absolute Gasteiger partial charge is 0.0636 e. The molecular weight excluding hydrogens is 188 g/mol. The Labute approximate surface area is 88.5 Å². The predicted octanol–water partition coefficient (Wildman–Crippen LogP) is 1.76. The molecular formula is C13H11O2-. The molecule has 0 saturated carbocycles. The lowest BCUT2D eigenvalue weighted by molar-refractivity contribution is -0.297. The third-order valence-electron chi connectivity index (χ3n) is 1.83. The molecule has 15 heavy (non-hydrogen) atoms. The van der Waals surface area contributed by atoms with Gasteiger partial charge in [-0.25, -0.2) is 0 Å². The fourth-order valence-electron chi connectivity index (χ4n) is 1.13. The van der Waals surface area contributed by atoms with Gasteiger partial charge in [-0.1, -0.05) is 55.1 Å². The molecule has 0 aliphatic heterocycles. The summed E-state index contributed by atoms with van der Waals surface area (Å²) < 4.78 is 0. The van der Waals surface area contributed by atoms with Crippen molar-refractivity contribution in [3.8, 4) is 0 Å². The maximum Gasteiger partial charge on any atom is 0.0636 e. The van der Waals surface area contributed by atoms with Crippen LogP contribution in [0.2, 0.25) is 0 Å². The zero-order valence-electron chi connectivity index (χ0n) is 8.22. The molecule has 0 spiro atoms. The average Bonchev–Trinajstić information content (AvgIpc) is 2.30. The Kier molecular flexibility index (Phi) is 4.10. The first-order valence-electron chi connectivity index (χ1n) is 4.51. The summed E-state index contributed by atoms with van der Waals surface area (Å²) in [7, 11) is 0. The lowest BCUT2D eigenvalue weighted by Gasteiger charge is -1.92. The van der Waals surface area contributed by atoms with Crippen molar-refractivity contribution in [3.63, 3.8) is 0 Å². The van der Waals surface area contributed by atoms with E-state index in [0.29, 0.717) is 0 Å². The molecule has 0 N–H and O–H groups in total. The summed E-state index contributed by atoms with van der Waals surface area (Å²) in [6.07, 6.45) is 0.722. The van der Waals surface area contributed by atoms with Crippen LogP contribution in [-0.4, -0.2) is 5.97 Å². The normalized spacial score (nSPS) is 8.80. The van der Waals surface area contributed by atoms with Gasteiger partial charge in [-0.3, -0.25) is 0 Å². The van der Waals surface area contributed by atoms with Gasteiger partial charge in [0.1, 0.15) is 0 Å². The average molecular weight is 199 g/mol. The van der Waals surface area contributed by atoms with Crippen molar-refractivity contribution in [2.75, 3.05) is 0 Å². The quantitative estimate of drug-likeness (QED) is 0.656. The van der Waals surface area contributed by atoms with Crippen LogP contribution in [0.5, 0.6) is 0 Å². The number of fused-ring (bicyclic) bond motifs is 1. The number of benzene rings is 2. The van der Waals surface area contributed by atoms with Crippen LogP contribution in [0.15, 0.2) is 61.2 Å². The molecule has 0 radical (unpaired) electrons. The second kappa shape index (κ2) is 5.60. The molecule has 0 saturated heterocycles. The fourth-order valence-corrected chi connectivity index (χ4v) is 1.13. The highest BCUT2D eigenvalue weighted by Crippen LogP contribution is 2.11. The summed E-state index contributed by atoms with van der Waals surface area (Å²) >= 11 is 0. The van der Waals surface area contributed by atoms with Crippen molar-refractivity contribution in [2.24, 2.45) is 0 Å². The molecule has 0 amide bonds. The molecule has 76 valence electrons. The SMILES string of the molecule is C=CC(=O)[O-].c1ccc2ccccc2c1. The Morgan fingerprint density at radius 2 is 1.27 bits per heavy atom. The van der Waals surface area contributed by atoms with E-state index in [9.17, 15) is 0 Å². The molecule has 0 aliphatic rings. The van der Waals surface area contributed by atoms with E-state index >= 15 is 0 Å². The number of carbonyl (C=O) groups is 1. The van der Waals surface area contributed by atoms with Crippen LogP contribution in [0.3, 0.4) is 0 Å². The minimum atomic E-state index is -1.23. The molecule has 0 aliphatic carbocycles. The maximum atomic E-state index is 9.14. The van der Waals surface area contributed by atoms with Crippen LogP contribution in [0, 0.1) is 0 Å². The van der Waals surface area contributed by atoms with Crippen LogP contribution in [0.25, 0.3) is 10.8 Å². The highest BCUT2D eigenvalue weighted by Gasteiger charge is 1.85. The highest BCUT2D eigenvalue weighted by molar-refractivity contribution is 5.82. The molecule has 0 heterocycles. The van der Waals surface area contributed by atoms with E-state index in [1.807, 2.05) is 0 Å². The van der Waals surface area contributed by atoms with Gasteiger partial charge in [-0.05, 0) is 16.8 Å². The third-order valence-corrected chi connectivity index (χ3v) is 1.83. The third kappa shape index (κ3) is 3.65. The Balaban J connectivity index is 0.000000195. The minimum Gasteiger partial charge on any atom is -0.545 e. The van der Waals surface area contributed by atoms with Gasteiger partial charge in [0.2, 0.25) is 0 Å². The van der Waals surface area contributed by atoms with E-state index in [0.717, 1.165) is 6.08 Å². The van der Waals surface area contributed by atoms with E-state index < -0.39 is 5.97 Å². The van der Waals surface area contributed by atoms with Gasteiger partial charge in [0.05, 0.1) is 5.97 Å². The van der Waals surface area contributed by atoms with E-state index in [1.54, 1.807) is 0 Å². The number of aliphatic carboxylic acids is 1. The largest absolute Gasteiger partial charge is 0.545 e. The van der Waals surface area contributed by atoms with Crippen LogP contribution < -0.4 is 5.11 Å². The Morgan fingerprint density at radius 3 is 1.47 bits per heavy atom. The zero-order chi connectivity index (χ0) is 11.1. The number of rotatable bonds is 1. The first kappa shape index (κ1) is 11.0. The molecule has 0 bridgehead atoms. The van der Waals surface area contributed by atoms with Crippen molar-refractivity contribution in [2.45, 2.75) is 0 Å². The molecule has 2 nitrogen and oxygen atoms in total. The number of hydrogen-bond acceptors (Lipinski definition) is 2. The lowest BCUT2D eigenvalue weighted by atomic mass is 10.1. The van der Waals surface area contributed by atoms with Gasteiger partial charge in [-0.2, -0.15) is 0 Å². The summed E-state index contributed by atoms with van der Waals surface area (Å²) in [5.41, 5.74) is 0. The molecule has 0 aromatic heterocycles. The standard InChI is InChI=1S/C10H8.C3H4O2/c1-2-6-10-8-4-3-7-9(10)5-1;1-2-3(4)5/h1-8H;2H,1H2,(H,4,5)/p-1. The molecule has 0 unspecified atom stereocenters. The van der Waals surface area contributed by atoms with Crippen LogP contribution in [-0.2, 0) is 4.79 Å². The number of carbonyl (C=O) groups excluding carboxylic acids is 1. The molecule has 2 heteroatoms. The second-order valence-corrected chi connectivity index (χ2v) is 2.87. The van der Waals surface area contributed by atoms with E-state index in [-0.39, 0.29) is 0 Å². The van der Waals surface area contributed by atoms with Gasteiger partial charge >= 0.3 is 0 Å². The Hall–Kier alpha value is -2.09. The van der Waals surface area contributed by atoms with E-state index in [4.69, 9.17) is 9.90 Å². The number of carboxylic acid groups (broad SMARTS) is 1. The van der Waals surface area contributed by atoms with Gasteiger partial charge < -0.3 is 9.90 Å². The Morgan fingerprint density at radius 1 is 1.00 bits per heavy atom. The molecule has 2 aromatic rings. The number of carboxylic acids is 1. The first-order valence-corrected chi connectivity index (χ1v) is 4.51. The van der Waals surface area contributed by atoms with E-state index in [1.165, 1.54) is 10.8 Å². The fraction of sp³-hybridized carbons (Fsp3) is 0. The molecule has 0 atom stereocenters. The molecule has 0 fully saturated rings. The van der Waals surface area contributed by atoms with Crippen LogP contribution in [0.4, 0.5) is 0 Å². The summed E-state index contributed by atoms with van der Waals surface area (Å²) in [4.78, 5) is 9.14. The van der Waals surface area contributed by atoms with E-state index in [2.05, 4.69) is 55.1 Å². The van der Waals surface area contributed by atoms with Crippen molar-refractivity contribution in [1.82, 2.24) is 0 Å². The summed E-state index contributed by atoms with van der Waals surface area (Å²) in [5, 5.41) is 11.8. The predicted molar refractivity (Wildman–Crippen MR) is 59.2 cm³/mol. The topological polar surface area (TPSA) is 40.1 Å². The van der Waals surface area contributed by atoms with Crippen molar-refractivity contribution in [1.29, 1.82) is 0 Å². The Bertz CT molecular complexity index is 395. The van der Waals surface area contributed by atoms with Gasteiger partial charge in [0, 0.05) is 0 Å². The summed E-state index contributed by atoms with van der Waals surface area (Å²) in [5.74, 6) is -1.23. The van der Waals surface area contributed by atoms with Crippen LogP contribution >= 0.6 is 0 Å². The molecule has 2 rings (SSSR count). The van der Waals surface area contributed by atoms with Gasteiger partial charge in [0.25, 0.3) is 0 Å². The zero-order valence-corrected chi connectivity index (χ0v) is 8.22. The van der Waals surface area contributed by atoms with Crippen molar-refractivity contribution in [3.05, 3.63) is 61.2 Å². The summed E-state index contributed by atoms with van der Waals surface area (Å²) in [6, 6.07) is 16.7. The van der Waals surface area contributed by atoms with Gasteiger partial charge in [-0.15, -0.1) is 0 Å². The number of hydrogen-bond donors (Lipinski definition) is 0. The maximum absolute atomic E-state index is 9.14. The van der Waals surface area contributed by atoms with Crippen molar-refractivity contribution >= 4 is 16.7 Å². The molecule has 2 aromatic carbocycles. The second-order valence-electron chi connectivity index (χ2n) is 2.87. The van der Waals surface area contributed by atoms with Gasteiger partial charge in [0.15, 0.2) is 0 Å². The summed E-state index contributed by atoms with van der Waals surface area (Å²) in [6.45, 7) is 2.90.